The summed E-state index contributed by atoms with van der Waals surface area (Å²) in [6, 6.07) is 4.55. The van der Waals surface area contributed by atoms with Crippen molar-refractivity contribution in [2.75, 3.05) is 11.9 Å². The molecule has 22 heavy (non-hydrogen) atoms. The van der Waals surface area contributed by atoms with Gasteiger partial charge in [0.1, 0.15) is 0 Å². The zero-order chi connectivity index (χ0) is 16.5. The Morgan fingerprint density at radius 3 is 2.59 bits per heavy atom. The van der Waals surface area contributed by atoms with Gasteiger partial charge < -0.3 is 5.32 Å². The van der Waals surface area contributed by atoms with Gasteiger partial charge in [-0.2, -0.15) is 13.2 Å². The largest absolute Gasteiger partial charge is 0.416 e. The highest BCUT2D eigenvalue weighted by atomic mass is 32.2. The molecule has 0 aliphatic carbocycles. The van der Waals surface area contributed by atoms with E-state index in [2.05, 4.69) is 5.32 Å². The number of rotatable bonds is 4. The fraction of sp³-hybridized carbons (Fsp3) is 0.429. The van der Waals surface area contributed by atoms with Gasteiger partial charge in [0, 0.05) is 12.2 Å². The van der Waals surface area contributed by atoms with E-state index in [4.69, 9.17) is 0 Å². The predicted molar refractivity (Wildman–Crippen MR) is 78.4 cm³/mol. The molecule has 1 N–H and O–H groups in total. The molecular formula is C14H15F3N2O2S. The first-order valence-corrected chi connectivity index (χ1v) is 7.52. The first kappa shape index (κ1) is 16.7. The lowest BCUT2D eigenvalue weighted by molar-refractivity contribution is -0.137. The van der Waals surface area contributed by atoms with Crippen LogP contribution in [-0.2, 0) is 11.0 Å². The van der Waals surface area contributed by atoms with E-state index in [0.717, 1.165) is 28.8 Å². The van der Waals surface area contributed by atoms with Gasteiger partial charge >= 0.3 is 6.18 Å². The van der Waals surface area contributed by atoms with Gasteiger partial charge in [-0.25, -0.2) is 0 Å². The molecule has 2 rings (SSSR count). The first-order chi connectivity index (χ1) is 10.2. The zero-order valence-corrected chi connectivity index (χ0v) is 12.8. The molecule has 0 radical (unpaired) electrons. The second kappa shape index (κ2) is 6.20. The molecule has 0 unspecified atom stereocenters. The Morgan fingerprint density at radius 2 is 2.00 bits per heavy atom. The lowest BCUT2D eigenvalue weighted by Gasteiger charge is -2.17. The van der Waals surface area contributed by atoms with Crippen molar-refractivity contribution in [3.8, 4) is 0 Å². The quantitative estimate of drug-likeness (QED) is 0.911. The summed E-state index contributed by atoms with van der Waals surface area (Å²) in [5.74, 6) is -0.304. The average Bonchev–Trinajstić information content (AvgIpc) is 2.65. The third-order valence-electron chi connectivity index (χ3n) is 2.96. The Bertz CT molecular complexity index is 590. The van der Waals surface area contributed by atoms with E-state index in [9.17, 15) is 22.8 Å². The van der Waals surface area contributed by atoms with Crippen molar-refractivity contribution in [2.24, 2.45) is 5.92 Å². The van der Waals surface area contributed by atoms with Crippen molar-refractivity contribution in [1.82, 2.24) is 4.90 Å². The number of nitrogens with one attached hydrogen (secondary N) is 1. The van der Waals surface area contributed by atoms with Crippen LogP contribution in [-0.4, -0.2) is 28.0 Å². The number of imide groups is 1. The lowest BCUT2D eigenvalue weighted by atomic mass is 10.2. The van der Waals surface area contributed by atoms with Crippen molar-refractivity contribution in [3.05, 3.63) is 29.8 Å². The van der Waals surface area contributed by atoms with Gasteiger partial charge in [-0.1, -0.05) is 19.9 Å². The van der Waals surface area contributed by atoms with Crippen molar-refractivity contribution >= 4 is 28.6 Å². The molecule has 4 nitrogen and oxygen atoms in total. The van der Waals surface area contributed by atoms with Gasteiger partial charge in [0.15, 0.2) is 5.37 Å². The van der Waals surface area contributed by atoms with Crippen molar-refractivity contribution in [2.45, 2.75) is 25.4 Å². The van der Waals surface area contributed by atoms with E-state index in [1.54, 1.807) is 0 Å². The van der Waals surface area contributed by atoms with Crippen LogP contribution >= 0.6 is 11.8 Å². The topological polar surface area (TPSA) is 49.4 Å². The fourth-order valence-electron chi connectivity index (χ4n) is 2.00. The third kappa shape index (κ3) is 3.73. The van der Waals surface area contributed by atoms with E-state index in [1.807, 2.05) is 13.8 Å². The highest BCUT2D eigenvalue weighted by Gasteiger charge is 2.40. The molecule has 0 aromatic heterocycles. The molecule has 1 aromatic rings. The number of halogens is 3. The molecule has 1 heterocycles. The Labute approximate surface area is 130 Å². The molecule has 2 amide bonds. The minimum absolute atomic E-state index is 0.126. The molecule has 0 bridgehead atoms. The van der Waals surface area contributed by atoms with E-state index in [-0.39, 0.29) is 16.8 Å². The highest BCUT2D eigenvalue weighted by molar-refractivity contribution is 8.15. The molecule has 1 atom stereocenters. The van der Waals surface area contributed by atoms with Crippen LogP contribution < -0.4 is 5.32 Å². The summed E-state index contributed by atoms with van der Waals surface area (Å²) in [4.78, 5) is 25.1. The summed E-state index contributed by atoms with van der Waals surface area (Å²) in [6.07, 6.45) is -4.45. The van der Waals surface area contributed by atoms with E-state index < -0.39 is 23.0 Å². The molecular weight excluding hydrogens is 317 g/mol. The van der Waals surface area contributed by atoms with Gasteiger partial charge in [0.2, 0.25) is 0 Å². The van der Waals surface area contributed by atoms with Gasteiger partial charge in [0.25, 0.3) is 11.1 Å². The average molecular weight is 332 g/mol. The summed E-state index contributed by atoms with van der Waals surface area (Å²) in [6.45, 7) is 4.04. The number of anilines is 1. The number of benzene rings is 1. The standard InChI is InChI=1S/C14H15F3N2O2S/c1-8(2)7-19-12(20)11(22-13(19)21)18-10-5-3-4-9(6-10)14(15,16)17/h3-6,8,11,18H,7H2,1-2H3/t11-/m1/s1. The Balaban J connectivity index is 2.12. The van der Waals surface area contributed by atoms with Crippen LogP contribution in [0.15, 0.2) is 24.3 Å². The number of nitrogens with zero attached hydrogens (tertiary/aromatic N) is 1. The number of hydrogen-bond donors (Lipinski definition) is 1. The smallest absolute Gasteiger partial charge is 0.365 e. The van der Waals surface area contributed by atoms with Crippen LogP contribution in [0.3, 0.4) is 0 Å². The third-order valence-corrected chi connectivity index (χ3v) is 3.94. The van der Waals surface area contributed by atoms with Crippen LogP contribution in [0.2, 0.25) is 0 Å². The van der Waals surface area contributed by atoms with Crippen molar-refractivity contribution in [1.29, 1.82) is 0 Å². The van der Waals surface area contributed by atoms with E-state index in [1.165, 1.54) is 12.1 Å². The molecule has 120 valence electrons. The molecule has 1 saturated heterocycles. The van der Waals surface area contributed by atoms with Crippen molar-refractivity contribution < 1.29 is 22.8 Å². The maximum Gasteiger partial charge on any atom is 0.416 e. The summed E-state index contributed by atoms with van der Waals surface area (Å²) in [7, 11) is 0. The minimum atomic E-state index is -4.45. The molecule has 1 aromatic carbocycles. The lowest BCUT2D eigenvalue weighted by Crippen LogP contribution is -2.36. The molecule has 1 aliphatic rings. The number of hydrogen-bond acceptors (Lipinski definition) is 4. The van der Waals surface area contributed by atoms with Crippen molar-refractivity contribution in [3.63, 3.8) is 0 Å². The number of amides is 2. The molecule has 1 aliphatic heterocycles. The second-order valence-corrected chi connectivity index (χ2v) is 6.39. The van der Waals surface area contributed by atoms with Gasteiger partial charge in [-0.3, -0.25) is 14.5 Å². The van der Waals surface area contributed by atoms with E-state index >= 15 is 0 Å². The number of carbonyl (C=O) groups excluding carboxylic acids is 2. The molecule has 0 spiro atoms. The maximum absolute atomic E-state index is 12.7. The Morgan fingerprint density at radius 1 is 1.32 bits per heavy atom. The Kier molecular flexibility index (Phi) is 4.69. The van der Waals surface area contributed by atoms with Gasteiger partial charge in [-0.05, 0) is 35.9 Å². The minimum Gasteiger partial charge on any atom is -0.365 e. The first-order valence-electron chi connectivity index (χ1n) is 6.64. The van der Waals surface area contributed by atoms with Crippen LogP contribution in [0.5, 0.6) is 0 Å². The van der Waals surface area contributed by atoms with Gasteiger partial charge in [0.05, 0.1) is 5.56 Å². The SMILES string of the molecule is CC(C)CN1C(=O)S[C@@H](Nc2cccc(C(F)(F)F)c2)C1=O. The van der Waals surface area contributed by atoms with Crippen LogP contribution in [0.4, 0.5) is 23.7 Å². The monoisotopic (exact) mass is 332 g/mol. The second-order valence-electron chi connectivity index (χ2n) is 5.33. The zero-order valence-electron chi connectivity index (χ0n) is 12.0. The van der Waals surface area contributed by atoms with Crippen LogP contribution in [0.1, 0.15) is 19.4 Å². The molecule has 0 saturated carbocycles. The van der Waals surface area contributed by atoms with Crippen LogP contribution in [0.25, 0.3) is 0 Å². The van der Waals surface area contributed by atoms with E-state index in [0.29, 0.717) is 6.54 Å². The summed E-state index contributed by atoms with van der Waals surface area (Å²) in [5.41, 5.74) is -0.654. The normalized spacial score (nSPS) is 19.2. The van der Waals surface area contributed by atoms with Crippen LogP contribution in [0, 0.1) is 5.92 Å². The number of alkyl halides is 3. The number of thioether (sulfide) groups is 1. The molecule has 1 fully saturated rings. The molecule has 8 heteroatoms. The predicted octanol–water partition coefficient (Wildman–Crippen LogP) is 3.79. The Hall–Kier alpha value is -1.70. The highest BCUT2D eigenvalue weighted by Crippen LogP contribution is 2.33. The summed E-state index contributed by atoms with van der Waals surface area (Å²) >= 11 is 0.777. The fourth-order valence-corrected chi connectivity index (χ4v) is 2.92. The van der Waals surface area contributed by atoms with Gasteiger partial charge in [-0.15, -0.1) is 0 Å². The maximum atomic E-state index is 12.7. The summed E-state index contributed by atoms with van der Waals surface area (Å²) in [5, 5.41) is 1.41. The number of carbonyl (C=O) groups is 2. The summed E-state index contributed by atoms with van der Waals surface area (Å²) < 4.78 is 38.0.